The molecular formula is C22H22N4O2. The summed E-state index contributed by atoms with van der Waals surface area (Å²) in [7, 11) is 0. The highest BCUT2D eigenvalue weighted by atomic mass is 16.5. The Bertz CT molecular complexity index is 1000. The van der Waals surface area contributed by atoms with Crippen molar-refractivity contribution in [3.05, 3.63) is 65.7 Å². The fourth-order valence-corrected chi connectivity index (χ4v) is 3.35. The molecule has 0 aliphatic carbocycles. The van der Waals surface area contributed by atoms with Gasteiger partial charge in [-0.3, -0.25) is 9.78 Å². The number of anilines is 1. The van der Waals surface area contributed by atoms with Crippen LogP contribution in [0.4, 0.5) is 5.82 Å². The van der Waals surface area contributed by atoms with E-state index in [4.69, 9.17) is 4.74 Å². The summed E-state index contributed by atoms with van der Waals surface area (Å²) in [6, 6.07) is 11.4. The summed E-state index contributed by atoms with van der Waals surface area (Å²) in [6.45, 7) is 5.15. The van der Waals surface area contributed by atoms with Gasteiger partial charge in [-0.15, -0.1) is 0 Å². The number of nitrogens with one attached hydrogen (secondary N) is 1. The van der Waals surface area contributed by atoms with E-state index in [1.54, 1.807) is 13.3 Å². The number of carbonyl (C=O) groups excluding carboxylic acids is 1. The fourth-order valence-electron chi connectivity index (χ4n) is 3.35. The quantitative estimate of drug-likeness (QED) is 0.660. The standard InChI is InChI=1S/C22H22N4O2/c1-14(18-7-9-23-19-8-10-28-22(18)19)12-24-21-11-20(25-13-26-21)17-5-3-16(4-6-17)15(2)27/h3-7,9,11,13-14H,8,10,12H2,1-2H3,(H,24,25,26). The number of carbonyl (C=O) groups is 1. The number of benzene rings is 1. The number of hydrogen-bond donors (Lipinski definition) is 1. The Balaban J connectivity index is 1.47. The minimum atomic E-state index is 0.0529. The van der Waals surface area contributed by atoms with Crippen LogP contribution in [0, 0.1) is 0 Å². The van der Waals surface area contributed by atoms with Crippen LogP contribution in [-0.4, -0.2) is 33.9 Å². The van der Waals surface area contributed by atoms with E-state index in [2.05, 4.69) is 27.2 Å². The molecule has 0 bridgehead atoms. The van der Waals surface area contributed by atoms with Gasteiger partial charge < -0.3 is 10.1 Å². The van der Waals surface area contributed by atoms with Gasteiger partial charge in [0.25, 0.3) is 0 Å². The van der Waals surface area contributed by atoms with Gasteiger partial charge in [-0.05, 0) is 13.0 Å². The maximum Gasteiger partial charge on any atom is 0.159 e. The molecular weight excluding hydrogens is 352 g/mol. The van der Waals surface area contributed by atoms with Gasteiger partial charge in [0, 0.05) is 47.8 Å². The van der Waals surface area contributed by atoms with Gasteiger partial charge in [-0.25, -0.2) is 9.97 Å². The van der Waals surface area contributed by atoms with E-state index in [0.29, 0.717) is 12.2 Å². The Hall–Kier alpha value is -3.28. The van der Waals surface area contributed by atoms with Gasteiger partial charge in [-0.2, -0.15) is 0 Å². The van der Waals surface area contributed by atoms with Crippen molar-refractivity contribution in [3.8, 4) is 17.0 Å². The minimum Gasteiger partial charge on any atom is -0.491 e. The van der Waals surface area contributed by atoms with E-state index < -0.39 is 0 Å². The predicted molar refractivity (Wildman–Crippen MR) is 108 cm³/mol. The molecule has 0 saturated carbocycles. The summed E-state index contributed by atoms with van der Waals surface area (Å²) >= 11 is 0. The van der Waals surface area contributed by atoms with Crippen molar-refractivity contribution in [1.29, 1.82) is 0 Å². The third-order valence-electron chi connectivity index (χ3n) is 4.97. The highest BCUT2D eigenvalue weighted by Gasteiger charge is 2.20. The number of nitrogens with zero attached hydrogens (tertiary/aromatic N) is 3. The second kappa shape index (κ2) is 7.76. The first-order valence-electron chi connectivity index (χ1n) is 9.39. The first-order valence-corrected chi connectivity index (χ1v) is 9.39. The number of Topliss-reactive ketones (excluding diaryl/α,β-unsaturated/α-hetero) is 1. The van der Waals surface area contributed by atoms with Crippen molar-refractivity contribution in [1.82, 2.24) is 15.0 Å². The second-order valence-electron chi connectivity index (χ2n) is 6.98. The molecule has 3 heterocycles. The van der Waals surface area contributed by atoms with Crippen LogP contribution in [0.25, 0.3) is 11.3 Å². The lowest BCUT2D eigenvalue weighted by atomic mass is 10.00. The van der Waals surface area contributed by atoms with Gasteiger partial charge >= 0.3 is 0 Å². The van der Waals surface area contributed by atoms with Gasteiger partial charge in [0.2, 0.25) is 0 Å². The molecule has 0 saturated heterocycles. The molecule has 1 aromatic carbocycles. The van der Waals surface area contributed by atoms with E-state index in [9.17, 15) is 4.79 Å². The minimum absolute atomic E-state index is 0.0529. The predicted octanol–water partition coefficient (Wildman–Crippen LogP) is 3.89. The summed E-state index contributed by atoms with van der Waals surface area (Å²) in [5, 5.41) is 3.39. The number of hydrogen-bond acceptors (Lipinski definition) is 6. The lowest BCUT2D eigenvalue weighted by Crippen LogP contribution is -2.12. The third-order valence-corrected chi connectivity index (χ3v) is 4.97. The second-order valence-corrected chi connectivity index (χ2v) is 6.98. The van der Waals surface area contributed by atoms with Gasteiger partial charge in [-0.1, -0.05) is 31.2 Å². The maximum atomic E-state index is 11.4. The SMILES string of the molecule is CC(=O)c1ccc(-c2cc(NCC(C)c3ccnc4c3OCC4)ncn2)cc1. The van der Waals surface area contributed by atoms with Crippen LogP contribution in [0.1, 0.15) is 41.4 Å². The van der Waals surface area contributed by atoms with Crippen LogP contribution >= 0.6 is 0 Å². The number of pyridine rings is 1. The van der Waals surface area contributed by atoms with Crippen LogP contribution < -0.4 is 10.1 Å². The van der Waals surface area contributed by atoms with Crippen LogP contribution in [0.15, 0.2) is 48.9 Å². The summed E-state index contributed by atoms with van der Waals surface area (Å²) < 4.78 is 5.77. The number of ether oxygens (including phenoxy) is 1. The Kier molecular flexibility index (Phi) is 5.02. The highest BCUT2D eigenvalue weighted by Crippen LogP contribution is 2.33. The Morgan fingerprint density at radius 2 is 2.00 bits per heavy atom. The van der Waals surface area contributed by atoms with Crippen molar-refractivity contribution >= 4 is 11.6 Å². The van der Waals surface area contributed by atoms with Gasteiger partial charge in [0.1, 0.15) is 17.9 Å². The molecule has 1 unspecified atom stereocenters. The van der Waals surface area contributed by atoms with E-state index in [1.165, 1.54) is 5.56 Å². The van der Waals surface area contributed by atoms with Crippen molar-refractivity contribution in [2.24, 2.45) is 0 Å². The Labute approximate surface area is 164 Å². The highest BCUT2D eigenvalue weighted by molar-refractivity contribution is 5.94. The molecule has 28 heavy (non-hydrogen) atoms. The molecule has 0 fully saturated rings. The first kappa shape index (κ1) is 18.1. The van der Waals surface area contributed by atoms with E-state index >= 15 is 0 Å². The van der Waals surface area contributed by atoms with Gasteiger partial charge in [0.15, 0.2) is 5.78 Å². The molecule has 0 radical (unpaired) electrons. The average molecular weight is 374 g/mol. The number of fused-ring (bicyclic) bond motifs is 1. The summed E-state index contributed by atoms with van der Waals surface area (Å²) in [5.74, 6) is 2.00. The average Bonchev–Trinajstić information content (AvgIpc) is 3.21. The molecule has 142 valence electrons. The molecule has 6 heteroatoms. The zero-order valence-electron chi connectivity index (χ0n) is 16.0. The van der Waals surface area contributed by atoms with E-state index in [0.717, 1.165) is 41.5 Å². The molecule has 1 atom stereocenters. The molecule has 0 spiro atoms. The van der Waals surface area contributed by atoms with E-state index in [-0.39, 0.29) is 11.7 Å². The van der Waals surface area contributed by atoms with Crippen molar-refractivity contribution in [2.75, 3.05) is 18.5 Å². The van der Waals surface area contributed by atoms with Crippen LogP contribution in [-0.2, 0) is 6.42 Å². The smallest absolute Gasteiger partial charge is 0.159 e. The Morgan fingerprint density at radius 1 is 1.18 bits per heavy atom. The molecule has 3 aromatic rings. The molecule has 1 aliphatic rings. The lowest BCUT2D eigenvalue weighted by molar-refractivity contribution is 0.101. The molecule has 2 aromatic heterocycles. The number of aromatic nitrogens is 3. The van der Waals surface area contributed by atoms with Gasteiger partial charge in [0.05, 0.1) is 18.0 Å². The summed E-state index contributed by atoms with van der Waals surface area (Å²) in [6.07, 6.45) is 4.28. The molecule has 6 nitrogen and oxygen atoms in total. The fraction of sp³-hybridized carbons (Fsp3) is 0.273. The normalized spacial score (nSPS) is 13.5. The summed E-state index contributed by atoms with van der Waals surface area (Å²) in [5.41, 5.74) is 4.67. The number of rotatable bonds is 6. The lowest BCUT2D eigenvalue weighted by Gasteiger charge is -2.16. The van der Waals surface area contributed by atoms with Crippen molar-refractivity contribution < 1.29 is 9.53 Å². The zero-order valence-corrected chi connectivity index (χ0v) is 16.0. The van der Waals surface area contributed by atoms with Crippen LogP contribution in [0.5, 0.6) is 5.75 Å². The third kappa shape index (κ3) is 3.71. The number of ketones is 1. The zero-order chi connectivity index (χ0) is 19.5. The van der Waals surface area contributed by atoms with Crippen LogP contribution in [0.2, 0.25) is 0 Å². The van der Waals surface area contributed by atoms with E-state index in [1.807, 2.05) is 42.6 Å². The van der Waals surface area contributed by atoms with Crippen molar-refractivity contribution in [2.45, 2.75) is 26.2 Å². The Morgan fingerprint density at radius 3 is 2.79 bits per heavy atom. The molecule has 1 N–H and O–H groups in total. The molecule has 4 rings (SSSR count). The molecule has 1 aliphatic heterocycles. The topological polar surface area (TPSA) is 77.0 Å². The maximum absolute atomic E-state index is 11.4. The molecule has 0 amide bonds. The first-order chi connectivity index (χ1) is 13.6. The summed E-state index contributed by atoms with van der Waals surface area (Å²) in [4.78, 5) is 24.5. The monoisotopic (exact) mass is 374 g/mol. The van der Waals surface area contributed by atoms with Crippen molar-refractivity contribution in [3.63, 3.8) is 0 Å². The largest absolute Gasteiger partial charge is 0.491 e. The van der Waals surface area contributed by atoms with Crippen LogP contribution in [0.3, 0.4) is 0 Å².